The minimum Gasteiger partial charge on any atom is -0.351 e. The molecule has 2 fully saturated rings. The molecule has 2 unspecified atom stereocenters. The molecule has 0 radical (unpaired) electrons. The lowest BCUT2D eigenvalue weighted by atomic mass is 10.1. The van der Waals surface area contributed by atoms with Crippen LogP contribution >= 0.6 is 0 Å². The topological polar surface area (TPSA) is 32.3 Å². The quantitative estimate of drug-likeness (QED) is 0.852. The summed E-state index contributed by atoms with van der Waals surface area (Å²) in [5.74, 6) is 1.04. The van der Waals surface area contributed by atoms with Crippen LogP contribution in [0.1, 0.15) is 19.3 Å². The Morgan fingerprint density at radius 1 is 0.818 bits per heavy atom. The summed E-state index contributed by atoms with van der Waals surface area (Å²) in [5, 5.41) is 8.98. The van der Waals surface area contributed by atoms with Crippen molar-refractivity contribution in [2.24, 2.45) is 0 Å². The Bertz CT molecular complexity index is 611. The zero-order valence-corrected chi connectivity index (χ0v) is 12.9. The number of nitrogens with zero attached hydrogens (tertiary/aromatic N) is 4. The summed E-state index contributed by atoms with van der Waals surface area (Å²) in [7, 11) is 0. The molecule has 0 amide bonds. The molecule has 0 N–H and O–H groups in total. The lowest BCUT2D eigenvalue weighted by molar-refractivity contribution is 0.298. The highest BCUT2D eigenvalue weighted by Crippen LogP contribution is 2.26. The van der Waals surface area contributed by atoms with E-state index in [1.807, 2.05) is 18.2 Å². The van der Waals surface area contributed by atoms with E-state index in [1.165, 1.54) is 32.4 Å². The predicted molar refractivity (Wildman–Crippen MR) is 88.9 cm³/mol. The Hall–Kier alpha value is -1.94. The summed E-state index contributed by atoms with van der Waals surface area (Å²) in [5.41, 5.74) is 2.07. The summed E-state index contributed by atoms with van der Waals surface area (Å²) in [6.45, 7) is 4.72. The first-order valence-corrected chi connectivity index (χ1v) is 8.28. The van der Waals surface area contributed by atoms with Crippen LogP contribution in [-0.4, -0.2) is 47.3 Å². The predicted octanol–water partition coefficient (Wildman–Crippen LogP) is 2.82. The summed E-state index contributed by atoms with van der Waals surface area (Å²) in [6, 6.07) is 15.1. The van der Waals surface area contributed by atoms with E-state index in [0.717, 1.165) is 30.2 Å². The first-order chi connectivity index (χ1) is 10.9. The fraction of sp³-hybridized carbons (Fsp3) is 0.444. The molecule has 0 saturated carbocycles. The lowest BCUT2D eigenvalue weighted by Gasteiger charge is -2.31. The van der Waals surface area contributed by atoms with Crippen LogP contribution in [0.4, 0.5) is 5.82 Å². The van der Waals surface area contributed by atoms with Gasteiger partial charge in [-0.3, -0.25) is 0 Å². The van der Waals surface area contributed by atoms with Crippen LogP contribution in [0.25, 0.3) is 11.3 Å². The van der Waals surface area contributed by atoms with Crippen LogP contribution in [0.15, 0.2) is 42.5 Å². The standard InChI is InChI=1S/C18H22N4/c1-2-5-15(6-3-1)17-8-9-18(20-19-17)22-14-13-21-11-4-7-16(22)10-12-21/h1-3,5-6,8-9,16H,4,7,10-14H2. The number of aromatic nitrogens is 2. The summed E-state index contributed by atoms with van der Waals surface area (Å²) < 4.78 is 0. The van der Waals surface area contributed by atoms with Crippen LogP contribution < -0.4 is 4.90 Å². The van der Waals surface area contributed by atoms with E-state index in [4.69, 9.17) is 0 Å². The van der Waals surface area contributed by atoms with Gasteiger partial charge in [-0.15, -0.1) is 10.2 Å². The van der Waals surface area contributed by atoms with Crippen molar-refractivity contribution in [3.8, 4) is 11.3 Å². The van der Waals surface area contributed by atoms with Gasteiger partial charge in [0, 0.05) is 31.2 Å². The molecule has 22 heavy (non-hydrogen) atoms. The van der Waals surface area contributed by atoms with Crippen LogP contribution in [0, 0.1) is 0 Å². The van der Waals surface area contributed by atoms with Crippen LogP contribution in [0.3, 0.4) is 0 Å². The minimum atomic E-state index is 0.629. The van der Waals surface area contributed by atoms with Gasteiger partial charge in [0.1, 0.15) is 0 Å². The van der Waals surface area contributed by atoms with Crippen molar-refractivity contribution in [3.05, 3.63) is 42.5 Å². The molecule has 2 bridgehead atoms. The van der Waals surface area contributed by atoms with E-state index >= 15 is 0 Å². The summed E-state index contributed by atoms with van der Waals surface area (Å²) >= 11 is 0. The molecule has 0 spiro atoms. The maximum Gasteiger partial charge on any atom is 0.151 e. The third kappa shape index (κ3) is 2.71. The third-order valence-corrected chi connectivity index (χ3v) is 4.90. The molecule has 3 heterocycles. The molecular weight excluding hydrogens is 272 g/mol. The summed E-state index contributed by atoms with van der Waals surface area (Å²) in [4.78, 5) is 5.06. The second-order valence-electron chi connectivity index (χ2n) is 6.26. The van der Waals surface area contributed by atoms with Crippen LogP contribution in [0.2, 0.25) is 0 Å². The van der Waals surface area contributed by atoms with Gasteiger partial charge >= 0.3 is 0 Å². The average molecular weight is 294 g/mol. The first kappa shape index (κ1) is 13.7. The molecule has 1 aromatic carbocycles. The lowest BCUT2D eigenvalue weighted by Crippen LogP contribution is -2.39. The molecule has 4 nitrogen and oxygen atoms in total. The molecule has 2 aliphatic rings. The molecule has 1 aromatic heterocycles. The molecule has 114 valence electrons. The number of rotatable bonds is 2. The number of hydrogen-bond donors (Lipinski definition) is 0. The number of fused-ring (bicyclic) bond motifs is 3. The third-order valence-electron chi connectivity index (χ3n) is 4.90. The molecule has 2 aliphatic heterocycles. The molecule has 2 atom stereocenters. The highest BCUT2D eigenvalue weighted by molar-refractivity contribution is 5.59. The number of anilines is 1. The Morgan fingerprint density at radius 3 is 2.55 bits per heavy atom. The van der Waals surface area contributed by atoms with Crippen molar-refractivity contribution >= 4 is 5.82 Å². The number of benzene rings is 1. The van der Waals surface area contributed by atoms with E-state index < -0.39 is 0 Å². The van der Waals surface area contributed by atoms with Crippen molar-refractivity contribution in [1.29, 1.82) is 0 Å². The molecular formula is C18H22N4. The molecule has 2 saturated heterocycles. The zero-order chi connectivity index (χ0) is 14.8. The van der Waals surface area contributed by atoms with Gasteiger partial charge in [-0.25, -0.2) is 0 Å². The zero-order valence-electron chi connectivity index (χ0n) is 12.9. The highest BCUT2D eigenvalue weighted by atomic mass is 15.3. The van der Waals surface area contributed by atoms with Gasteiger partial charge in [-0.1, -0.05) is 30.3 Å². The largest absolute Gasteiger partial charge is 0.351 e. The fourth-order valence-corrected chi connectivity index (χ4v) is 3.65. The van der Waals surface area contributed by atoms with Crippen molar-refractivity contribution < 1.29 is 0 Å². The van der Waals surface area contributed by atoms with Gasteiger partial charge in [0.05, 0.1) is 5.69 Å². The van der Waals surface area contributed by atoms with Gasteiger partial charge in [0.2, 0.25) is 0 Å². The van der Waals surface area contributed by atoms with E-state index in [0.29, 0.717) is 6.04 Å². The smallest absolute Gasteiger partial charge is 0.151 e. The van der Waals surface area contributed by atoms with E-state index in [9.17, 15) is 0 Å². The van der Waals surface area contributed by atoms with Crippen molar-refractivity contribution in [3.63, 3.8) is 0 Å². The Morgan fingerprint density at radius 2 is 1.73 bits per heavy atom. The van der Waals surface area contributed by atoms with Crippen molar-refractivity contribution in [2.75, 3.05) is 31.1 Å². The second kappa shape index (κ2) is 6.05. The van der Waals surface area contributed by atoms with Gasteiger partial charge < -0.3 is 9.80 Å². The first-order valence-electron chi connectivity index (χ1n) is 8.28. The molecule has 4 heteroatoms. The van der Waals surface area contributed by atoms with Crippen LogP contribution in [0.5, 0.6) is 0 Å². The van der Waals surface area contributed by atoms with Crippen LogP contribution in [-0.2, 0) is 0 Å². The second-order valence-corrected chi connectivity index (χ2v) is 6.26. The fourth-order valence-electron chi connectivity index (χ4n) is 3.65. The van der Waals surface area contributed by atoms with E-state index in [1.54, 1.807) is 0 Å². The molecule has 4 rings (SSSR count). The normalized spacial score (nSPS) is 24.8. The van der Waals surface area contributed by atoms with E-state index in [-0.39, 0.29) is 0 Å². The number of hydrogen-bond acceptors (Lipinski definition) is 4. The summed E-state index contributed by atoms with van der Waals surface area (Å²) in [6.07, 6.45) is 3.83. The minimum absolute atomic E-state index is 0.629. The Labute approximate surface area is 131 Å². The monoisotopic (exact) mass is 294 g/mol. The average Bonchev–Trinajstić information content (AvgIpc) is 2.92. The van der Waals surface area contributed by atoms with Gasteiger partial charge in [-0.2, -0.15) is 0 Å². The highest BCUT2D eigenvalue weighted by Gasteiger charge is 2.27. The Balaban J connectivity index is 1.57. The maximum absolute atomic E-state index is 4.53. The maximum atomic E-state index is 4.53. The van der Waals surface area contributed by atoms with Gasteiger partial charge in [0.15, 0.2) is 5.82 Å². The molecule has 0 aliphatic carbocycles. The van der Waals surface area contributed by atoms with Gasteiger partial charge in [0.25, 0.3) is 0 Å². The van der Waals surface area contributed by atoms with Crippen molar-refractivity contribution in [1.82, 2.24) is 15.1 Å². The Kier molecular flexibility index (Phi) is 3.77. The van der Waals surface area contributed by atoms with E-state index in [2.05, 4.69) is 44.3 Å². The SMILES string of the molecule is c1ccc(-c2ccc(N3CCN4CCCC3CC4)nn2)cc1. The molecule has 2 aromatic rings. The van der Waals surface area contributed by atoms with Crippen molar-refractivity contribution in [2.45, 2.75) is 25.3 Å². The van der Waals surface area contributed by atoms with Gasteiger partial charge in [-0.05, 0) is 37.9 Å².